The largest absolute Gasteiger partial charge is 0.485 e. The van der Waals surface area contributed by atoms with Gasteiger partial charge < -0.3 is 14.8 Å². The molecule has 128 valence electrons. The minimum atomic E-state index is -0.656. The quantitative estimate of drug-likeness (QED) is 0.764. The third-order valence-electron chi connectivity index (χ3n) is 3.99. The van der Waals surface area contributed by atoms with Crippen molar-refractivity contribution < 1.29 is 14.3 Å². The van der Waals surface area contributed by atoms with Gasteiger partial charge >= 0.3 is 0 Å². The van der Waals surface area contributed by atoms with Crippen molar-refractivity contribution in [1.82, 2.24) is 15.1 Å². The van der Waals surface area contributed by atoms with E-state index in [0.29, 0.717) is 18.0 Å². The lowest BCUT2D eigenvalue weighted by Crippen LogP contribution is -2.45. The molecule has 1 N–H and O–H groups in total. The van der Waals surface area contributed by atoms with Crippen molar-refractivity contribution in [2.24, 2.45) is 0 Å². The number of carbonyl (C=O) groups is 1. The van der Waals surface area contributed by atoms with Crippen LogP contribution in [0.1, 0.15) is 10.9 Å². The average molecular weight is 355 g/mol. The third kappa shape index (κ3) is 3.36. The number of hydrogen-bond donors (Lipinski definition) is 1. The molecule has 0 radical (unpaired) electrons. The minimum Gasteiger partial charge on any atom is -0.485 e. The zero-order valence-corrected chi connectivity index (χ0v) is 14.2. The van der Waals surface area contributed by atoms with Crippen LogP contribution in [0.4, 0.5) is 0 Å². The van der Waals surface area contributed by atoms with Crippen LogP contribution in [0.15, 0.2) is 60.2 Å². The normalized spacial score (nSPS) is 17.0. The van der Waals surface area contributed by atoms with E-state index < -0.39 is 6.10 Å². The van der Waals surface area contributed by atoms with Crippen molar-refractivity contribution in [1.29, 1.82) is 0 Å². The van der Waals surface area contributed by atoms with Gasteiger partial charge in [-0.05, 0) is 29.6 Å². The van der Waals surface area contributed by atoms with Gasteiger partial charge in [-0.25, -0.2) is 0 Å². The first kappa shape index (κ1) is 15.7. The van der Waals surface area contributed by atoms with Gasteiger partial charge in [-0.15, -0.1) is 11.3 Å². The summed E-state index contributed by atoms with van der Waals surface area (Å²) >= 11 is 1.64. The molecule has 0 fully saturated rings. The highest BCUT2D eigenvalue weighted by Gasteiger charge is 2.28. The van der Waals surface area contributed by atoms with Gasteiger partial charge in [0.05, 0.1) is 0 Å². The van der Waals surface area contributed by atoms with E-state index in [1.165, 1.54) is 0 Å². The summed E-state index contributed by atoms with van der Waals surface area (Å²) in [6, 6.07) is 13.2. The zero-order valence-electron chi connectivity index (χ0n) is 13.4. The first-order valence-electron chi connectivity index (χ1n) is 8.00. The Morgan fingerprint density at radius 1 is 1.28 bits per heavy atom. The fraction of sp³-hybridized carbons (Fsp3) is 0.222. The summed E-state index contributed by atoms with van der Waals surface area (Å²) < 4.78 is 13.2. The summed E-state index contributed by atoms with van der Waals surface area (Å²) in [7, 11) is 0. The summed E-state index contributed by atoms with van der Waals surface area (Å²) in [5.74, 6) is 1.07. The fourth-order valence-electron chi connectivity index (χ4n) is 2.73. The lowest BCUT2D eigenvalue weighted by Gasteiger charge is -2.26. The van der Waals surface area contributed by atoms with Crippen LogP contribution in [0.5, 0.6) is 11.5 Å². The molecule has 7 heteroatoms. The molecule has 0 unspecified atom stereocenters. The average Bonchev–Trinajstić information content (AvgIpc) is 3.36. The van der Waals surface area contributed by atoms with E-state index in [4.69, 9.17) is 9.47 Å². The summed E-state index contributed by atoms with van der Waals surface area (Å²) in [4.78, 5) is 13.6. The Hall–Kier alpha value is -2.80. The molecule has 2 atom stereocenters. The van der Waals surface area contributed by atoms with Gasteiger partial charge in [-0.2, -0.15) is 5.10 Å². The number of aromatic nitrogens is 2. The van der Waals surface area contributed by atoms with Crippen LogP contribution in [0.2, 0.25) is 0 Å². The van der Waals surface area contributed by atoms with Crippen LogP contribution in [0.25, 0.3) is 0 Å². The Kier molecular flexibility index (Phi) is 4.39. The van der Waals surface area contributed by atoms with E-state index >= 15 is 0 Å². The molecule has 0 saturated heterocycles. The van der Waals surface area contributed by atoms with E-state index in [1.807, 2.05) is 52.7 Å². The second-order valence-electron chi connectivity index (χ2n) is 5.63. The highest BCUT2D eigenvalue weighted by Crippen LogP contribution is 2.31. The van der Waals surface area contributed by atoms with Gasteiger partial charge in [-0.3, -0.25) is 9.48 Å². The molecule has 25 heavy (non-hydrogen) atoms. The van der Waals surface area contributed by atoms with Gasteiger partial charge in [-0.1, -0.05) is 18.2 Å². The molecule has 1 aromatic carbocycles. The van der Waals surface area contributed by atoms with E-state index in [9.17, 15) is 4.79 Å². The lowest BCUT2D eigenvalue weighted by atomic mass is 10.2. The van der Waals surface area contributed by atoms with Gasteiger partial charge in [0.2, 0.25) is 6.10 Å². The van der Waals surface area contributed by atoms with Crippen molar-refractivity contribution >= 4 is 17.2 Å². The van der Waals surface area contributed by atoms with Gasteiger partial charge in [0.1, 0.15) is 12.6 Å². The number of fused-ring (bicyclic) bond motifs is 1. The number of ether oxygens (including phenoxy) is 2. The standard InChI is InChI=1S/C18H17N3O3S/c22-18(16-12-23-14-5-1-2-6-15(14)24-16)19-11-13(17-7-3-10-25-17)21-9-4-8-20-21/h1-10,13,16H,11-12H2,(H,19,22)/t13-,16+/m0/s1. The van der Waals surface area contributed by atoms with Crippen LogP contribution >= 0.6 is 11.3 Å². The molecule has 6 nitrogen and oxygen atoms in total. The van der Waals surface area contributed by atoms with Crippen LogP contribution in [-0.4, -0.2) is 34.9 Å². The zero-order chi connectivity index (χ0) is 17.1. The van der Waals surface area contributed by atoms with Crippen molar-refractivity contribution in [2.45, 2.75) is 12.1 Å². The molecule has 3 aromatic rings. The van der Waals surface area contributed by atoms with Gasteiger partial charge in [0.15, 0.2) is 11.5 Å². The molecule has 0 bridgehead atoms. The summed E-state index contributed by atoms with van der Waals surface area (Å²) in [5, 5.41) is 9.29. The first-order chi connectivity index (χ1) is 12.3. The van der Waals surface area contributed by atoms with E-state index in [2.05, 4.69) is 10.4 Å². The van der Waals surface area contributed by atoms with Crippen molar-refractivity contribution in [3.8, 4) is 11.5 Å². The second-order valence-corrected chi connectivity index (χ2v) is 6.61. The van der Waals surface area contributed by atoms with Crippen molar-refractivity contribution in [3.63, 3.8) is 0 Å². The smallest absolute Gasteiger partial charge is 0.264 e. The number of rotatable bonds is 5. The predicted molar refractivity (Wildman–Crippen MR) is 94.0 cm³/mol. The molecule has 3 heterocycles. The molecule has 1 aliphatic rings. The summed E-state index contributed by atoms with van der Waals surface area (Å²) in [5.41, 5.74) is 0. The fourth-order valence-corrected chi connectivity index (χ4v) is 3.55. The molecule has 0 saturated carbocycles. The number of benzene rings is 1. The first-order valence-corrected chi connectivity index (χ1v) is 8.88. The van der Waals surface area contributed by atoms with Crippen LogP contribution in [-0.2, 0) is 4.79 Å². The maximum atomic E-state index is 12.5. The second kappa shape index (κ2) is 6.98. The van der Waals surface area contributed by atoms with Gasteiger partial charge in [0.25, 0.3) is 5.91 Å². The topological polar surface area (TPSA) is 65.4 Å². The minimum absolute atomic E-state index is 0.0456. The molecule has 1 amide bonds. The maximum Gasteiger partial charge on any atom is 0.264 e. The Labute approximate surface area is 149 Å². The molecule has 4 rings (SSSR count). The highest BCUT2D eigenvalue weighted by molar-refractivity contribution is 7.10. The molecule has 1 aliphatic heterocycles. The SMILES string of the molecule is O=C(NC[C@@H](c1cccs1)n1cccn1)[C@H]1COc2ccccc2O1. The van der Waals surface area contributed by atoms with E-state index in [-0.39, 0.29) is 18.6 Å². The number of nitrogens with zero attached hydrogens (tertiary/aromatic N) is 2. The van der Waals surface area contributed by atoms with Crippen molar-refractivity contribution in [3.05, 3.63) is 65.1 Å². The monoisotopic (exact) mass is 355 g/mol. The molecular weight excluding hydrogens is 338 g/mol. The van der Waals surface area contributed by atoms with Crippen molar-refractivity contribution in [2.75, 3.05) is 13.2 Å². The maximum absolute atomic E-state index is 12.5. The number of nitrogens with one attached hydrogen (secondary N) is 1. The number of amides is 1. The Morgan fingerprint density at radius 2 is 2.16 bits per heavy atom. The van der Waals surface area contributed by atoms with E-state index in [1.54, 1.807) is 23.6 Å². The molecule has 2 aromatic heterocycles. The van der Waals surface area contributed by atoms with Crippen LogP contribution in [0.3, 0.4) is 0 Å². The number of thiophene rings is 1. The predicted octanol–water partition coefficient (Wildman–Crippen LogP) is 2.49. The lowest BCUT2D eigenvalue weighted by molar-refractivity contribution is -0.130. The highest BCUT2D eigenvalue weighted by atomic mass is 32.1. The Morgan fingerprint density at radius 3 is 2.92 bits per heavy atom. The summed E-state index contributed by atoms with van der Waals surface area (Å²) in [6.45, 7) is 0.636. The van der Waals surface area contributed by atoms with Gasteiger partial charge in [0, 0.05) is 23.8 Å². The Balaban J connectivity index is 1.42. The van der Waals surface area contributed by atoms with E-state index in [0.717, 1.165) is 4.88 Å². The molecule has 0 spiro atoms. The van der Waals surface area contributed by atoms with Crippen LogP contribution < -0.4 is 14.8 Å². The third-order valence-corrected chi connectivity index (χ3v) is 4.96. The summed E-state index contributed by atoms with van der Waals surface area (Å²) in [6.07, 6.45) is 2.97. The molecule has 0 aliphatic carbocycles. The molecular formula is C18H17N3O3S. The van der Waals surface area contributed by atoms with Crippen LogP contribution in [0, 0.1) is 0 Å². The number of carbonyl (C=O) groups excluding carboxylic acids is 1. The Bertz CT molecular complexity index is 799. The number of hydrogen-bond acceptors (Lipinski definition) is 5. The number of para-hydroxylation sites is 2.